The summed E-state index contributed by atoms with van der Waals surface area (Å²) < 4.78 is 0. The molecule has 0 aromatic carbocycles. The fraction of sp³-hybridized carbons (Fsp3) is 0.706. The minimum absolute atomic E-state index is 0.362. The van der Waals surface area contributed by atoms with Gasteiger partial charge in [0.15, 0.2) is 0 Å². The van der Waals surface area contributed by atoms with E-state index in [1.54, 1.807) is 6.20 Å². The first-order valence-corrected chi connectivity index (χ1v) is 8.15. The molecule has 3 heteroatoms. The number of carbonyl (C=O) groups is 1. The van der Waals surface area contributed by atoms with Crippen molar-refractivity contribution < 1.29 is 9.90 Å². The highest BCUT2D eigenvalue weighted by Gasteiger charge is 2.09. The second kappa shape index (κ2) is 10.5. The Bertz CT molecular complexity index is 371. The third-order valence-electron chi connectivity index (χ3n) is 3.85. The van der Waals surface area contributed by atoms with Crippen molar-refractivity contribution >= 4 is 5.97 Å². The van der Waals surface area contributed by atoms with Crippen LogP contribution < -0.4 is 0 Å². The highest BCUT2D eigenvalue weighted by atomic mass is 16.4. The third kappa shape index (κ3) is 6.78. The second-order valence-electron chi connectivity index (χ2n) is 5.62. The smallest absolute Gasteiger partial charge is 0.352 e. The molecule has 1 aromatic rings. The van der Waals surface area contributed by atoms with Gasteiger partial charge in [0.1, 0.15) is 5.69 Å². The molecular weight excluding hydrogens is 250 g/mol. The third-order valence-corrected chi connectivity index (χ3v) is 3.85. The lowest BCUT2D eigenvalue weighted by molar-refractivity contribution is 0.0690. The van der Waals surface area contributed by atoms with Gasteiger partial charge < -0.3 is 10.1 Å². The molecule has 0 spiro atoms. The van der Waals surface area contributed by atoms with E-state index in [-0.39, 0.29) is 0 Å². The van der Waals surface area contributed by atoms with E-state index >= 15 is 0 Å². The average Bonchev–Trinajstić information content (AvgIpc) is 2.89. The Morgan fingerprint density at radius 3 is 2.10 bits per heavy atom. The van der Waals surface area contributed by atoms with Crippen LogP contribution in [0.3, 0.4) is 0 Å². The number of unbranched alkanes of at least 4 members (excludes halogenated alkanes) is 9. The van der Waals surface area contributed by atoms with Gasteiger partial charge in [-0.3, -0.25) is 0 Å². The standard InChI is InChI=1S/C17H29NO2/c1-2-3-4-5-6-7-8-9-10-11-12-15-13-14-18-16(15)17(19)20/h13-14,18H,2-12H2,1H3,(H,19,20). The number of hydrogen-bond donors (Lipinski definition) is 2. The largest absolute Gasteiger partial charge is 0.477 e. The second-order valence-corrected chi connectivity index (χ2v) is 5.62. The van der Waals surface area contributed by atoms with Crippen LogP contribution in [0.5, 0.6) is 0 Å². The number of H-pyrrole nitrogens is 1. The maximum atomic E-state index is 10.9. The highest BCUT2D eigenvalue weighted by molar-refractivity contribution is 5.87. The molecule has 1 rings (SSSR count). The summed E-state index contributed by atoms with van der Waals surface area (Å²) >= 11 is 0. The Morgan fingerprint density at radius 2 is 1.55 bits per heavy atom. The van der Waals surface area contributed by atoms with Crippen LogP contribution in [0.2, 0.25) is 0 Å². The first-order chi connectivity index (χ1) is 9.75. The Morgan fingerprint density at radius 1 is 1.00 bits per heavy atom. The average molecular weight is 279 g/mol. The minimum Gasteiger partial charge on any atom is -0.477 e. The molecular formula is C17H29NO2. The van der Waals surface area contributed by atoms with Gasteiger partial charge in [0.25, 0.3) is 0 Å². The van der Waals surface area contributed by atoms with Crippen LogP contribution in [0.25, 0.3) is 0 Å². The number of carboxylic acids is 1. The predicted molar refractivity (Wildman–Crippen MR) is 83.3 cm³/mol. The van der Waals surface area contributed by atoms with E-state index < -0.39 is 5.97 Å². The number of nitrogens with one attached hydrogen (secondary N) is 1. The van der Waals surface area contributed by atoms with Crippen LogP contribution in [0.4, 0.5) is 0 Å². The summed E-state index contributed by atoms with van der Waals surface area (Å²) in [5.41, 5.74) is 1.30. The normalized spacial score (nSPS) is 10.8. The molecule has 3 nitrogen and oxygen atoms in total. The van der Waals surface area contributed by atoms with Crippen molar-refractivity contribution in [3.63, 3.8) is 0 Å². The number of aromatic amines is 1. The molecule has 0 aliphatic carbocycles. The lowest BCUT2D eigenvalue weighted by Gasteiger charge is -2.03. The van der Waals surface area contributed by atoms with Gasteiger partial charge in [-0.2, -0.15) is 0 Å². The number of rotatable bonds is 12. The summed E-state index contributed by atoms with van der Waals surface area (Å²) in [6.45, 7) is 2.25. The predicted octanol–water partition coefficient (Wildman–Crippen LogP) is 5.18. The highest BCUT2D eigenvalue weighted by Crippen LogP contribution is 2.14. The number of aromatic carboxylic acids is 1. The molecule has 114 valence electrons. The van der Waals surface area contributed by atoms with Crippen molar-refractivity contribution in [1.82, 2.24) is 4.98 Å². The quantitative estimate of drug-likeness (QED) is 0.518. The molecule has 1 heterocycles. The van der Waals surface area contributed by atoms with Gasteiger partial charge in [0.2, 0.25) is 0 Å². The molecule has 0 saturated heterocycles. The molecule has 1 aromatic heterocycles. The number of hydrogen-bond acceptors (Lipinski definition) is 1. The molecule has 2 N–H and O–H groups in total. The summed E-state index contributed by atoms with van der Waals surface area (Å²) in [4.78, 5) is 13.7. The molecule has 0 atom stereocenters. The SMILES string of the molecule is CCCCCCCCCCCCc1cc[nH]c1C(=O)O. The zero-order chi connectivity index (χ0) is 14.6. The van der Waals surface area contributed by atoms with Gasteiger partial charge in [-0.15, -0.1) is 0 Å². The van der Waals surface area contributed by atoms with E-state index in [1.165, 1.54) is 57.8 Å². The number of carboxylic acid groups (broad SMARTS) is 1. The first kappa shape index (κ1) is 16.8. The molecule has 0 aliphatic heterocycles. The van der Waals surface area contributed by atoms with Gasteiger partial charge in [-0.05, 0) is 24.5 Å². The van der Waals surface area contributed by atoms with Crippen molar-refractivity contribution in [2.75, 3.05) is 0 Å². The van der Waals surface area contributed by atoms with E-state index in [1.807, 2.05) is 6.07 Å². The maximum Gasteiger partial charge on any atom is 0.352 e. The molecule has 0 unspecified atom stereocenters. The minimum atomic E-state index is -0.850. The Hall–Kier alpha value is -1.25. The van der Waals surface area contributed by atoms with Gasteiger partial charge in [-0.1, -0.05) is 64.7 Å². The van der Waals surface area contributed by atoms with Crippen molar-refractivity contribution in [3.8, 4) is 0 Å². The van der Waals surface area contributed by atoms with Crippen LogP contribution >= 0.6 is 0 Å². The van der Waals surface area contributed by atoms with E-state index in [0.29, 0.717) is 5.69 Å². The Kier molecular flexibility index (Phi) is 8.84. The molecule has 0 radical (unpaired) electrons. The van der Waals surface area contributed by atoms with Crippen molar-refractivity contribution in [1.29, 1.82) is 0 Å². The van der Waals surface area contributed by atoms with Crippen molar-refractivity contribution in [2.45, 2.75) is 77.6 Å². The summed E-state index contributed by atoms with van der Waals surface area (Å²) in [5.74, 6) is -0.850. The fourth-order valence-electron chi connectivity index (χ4n) is 2.61. The maximum absolute atomic E-state index is 10.9. The van der Waals surface area contributed by atoms with Gasteiger partial charge in [-0.25, -0.2) is 4.79 Å². The zero-order valence-electron chi connectivity index (χ0n) is 12.8. The van der Waals surface area contributed by atoms with Crippen molar-refractivity contribution in [3.05, 3.63) is 23.5 Å². The molecule has 20 heavy (non-hydrogen) atoms. The van der Waals surface area contributed by atoms with Crippen LogP contribution in [0.1, 0.15) is 87.2 Å². The summed E-state index contributed by atoms with van der Waals surface area (Å²) in [7, 11) is 0. The van der Waals surface area contributed by atoms with Crippen LogP contribution in [-0.4, -0.2) is 16.1 Å². The topological polar surface area (TPSA) is 53.1 Å². The monoisotopic (exact) mass is 279 g/mol. The van der Waals surface area contributed by atoms with Crippen LogP contribution in [-0.2, 0) is 6.42 Å². The van der Waals surface area contributed by atoms with E-state index in [2.05, 4.69) is 11.9 Å². The van der Waals surface area contributed by atoms with E-state index in [9.17, 15) is 4.79 Å². The van der Waals surface area contributed by atoms with Gasteiger partial charge >= 0.3 is 5.97 Å². The first-order valence-electron chi connectivity index (χ1n) is 8.15. The van der Waals surface area contributed by atoms with Crippen LogP contribution in [0, 0.1) is 0 Å². The summed E-state index contributed by atoms with van der Waals surface area (Å²) in [5, 5.41) is 8.98. The Labute approximate surface area is 122 Å². The molecule has 0 bridgehead atoms. The van der Waals surface area contributed by atoms with Crippen molar-refractivity contribution in [2.24, 2.45) is 0 Å². The molecule has 0 fully saturated rings. The van der Waals surface area contributed by atoms with E-state index in [0.717, 1.165) is 18.4 Å². The molecule has 0 amide bonds. The van der Waals surface area contributed by atoms with Crippen LogP contribution in [0.15, 0.2) is 12.3 Å². The zero-order valence-corrected chi connectivity index (χ0v) is 12.8. The molecule has 0 saturated carbocycles. The number of aryl methyl sites for hydroxylation is 1. The van der Waals surface area contributed by atoms with E-state index in [4.69, 9.17) is 5.11 Å². The Balaban J connectivity index is 1.97. The lowest BCUT2D eigenvalue weighted by atomic mass is 10.0. The van der Waals surface area contributed by atoms with Gasteiger partial charge in [0, 0.05) is 6.20 Å². The summed E-state index contributed by atoms with van der Waals surface area (Å²) in [6.07, 6.45) is 15.7. The fourth-order valence-corrected chi connectivity index (χ4v) is 2.61. The summed E-state index contributed by atoms with van der Waals surface area (Å²) in [6, 6.07) is 1.89. The molecule has 0 aliphatic rings. The van der Waals surface area contributed by atoms with Gasteiger partial charge in [0.05, 0.1) is 0 Å². The number of aromatic nitrogens is 1. The lowest BCUT2D eigenvalue weighted by Crippen LogP contribution is -2.01.